The number of halogens is 3. The van der Waals surface area contributed by atoms with Gasteiger partial charge in [0.05, 0.1) is 10.4 Å². The van der Waals surface area contributed by atoms with Gasteiger partial charge in [0.25, 0.3) is 5.91 Å². The Balaban J connectivity index is 1.15. The van der Waals surface area contributed by atoms with Crippen LogP contribution >= 0.6 is 0 Å². The molecule has 3 atom stereocenters. The molecule has 4 aromatic rings. The van der Waals surface area contributed by atoms with Crippen molar-refractivity contribution in [3.63, 3.8) is 0 Å². The second kappa shape index (κ2) is 12.4. The molecule has 1 aromatic heterocycles. The zero-order chi connectivity index (χ0) is 29.1. The van der Waals surface area contributed by atoms with E-state index in [9.17, 15) is 22.2 Å². The number of carbonyl (C=O) groups is 1. The number of fused-ring (bicyclic) bond motifs is 1. The quantitative estimate of drug-likeness (QED) is 0.270. The monoisotopic (exact) mass is 582 g/mol. The number of nitrogens with one attached hydrogen (secondary N) is 1. The highest BCUT2D eigenvalue weighted by Crippen LogP contribution is 2.29. The smallest absolute Gasteiger partial charge is 0.254 e. The predicted octanol–water partition coefficient (Wildman–Crippen LogP) is 5.67. The second-order valence-corrected chi connectivity index (χ2v) is 11.0. The summed E-state index contributed by atoms with van der Waals surface area (Å²) in [4.78, 5) is 21.6. The van der Waals surface area contributed by atoms with E-state index in [0.29, 0.717) is 53.4 Å². The standard InChI is InChI=1S/C30H29F3N4O3S/c1-19-17-36(20(2)28-25(32)15-23(31)16-26(28)33)13-14-37(19)30(38)22-8-10-24(11-9-22)35-18-40-41(39)27-7-3-5-21-6-4-12-34-29(21)27/h3-12,15-16,19-20,35H,13-14,17-18H2,1-2H3. The van der Waals surface area contributed by atoms with E-state index in [1.807, 2.05) is 30.0 Å². The maximum atomic E-state index is 14.3. The van der Waals surface area contributed by atoms with Gasteiger partial charge in [-0.3, -0.25) is 18.9 Å². The molecule has 7 nitrogen and oxygen atoms in total. The fourth-order valence-corrected chi connectivity index (χ4v) is 5.92. The van der Waals surface area contributed by atoms with Gasteiger partial charge in [-0.05, 0) is 50.2 Å². The van der Waals surface area contributed by atoms with E-state index in [2.05, 4.69) is 10.3 Å². The van der Waals surface area contributed by atoms with Crippen LogP contribution < -0.4 is 5.32 Å². The van der Waals surface area contributed by atoms with Gasteiger partial charge in [-0.25, -0.2) is 17.4 Å². The van der Waals surface area contributed by atoms with E-state index >= 15 is 0 Å². The Bertz CT molecular complexity index is 1560. The molecule has 0 spiro atoms. The van der Waals surface area contributed by atoms with Crippen LogP contribution in [0.4, 0.5) is 18.9 Å². The van der Waals surface area contributed by atoms with Crippen molar-refractivity contribution in [2.24, 2.45) is 0 Å². The maximum Gasteiger partial charge on any atom is 0.254 e. The number of para-hydroxylation sites is 1. The molecule has 1 aliphatic heterocycles. The van der Waals surface area contributed by atoms with Crippen LogP contribution in [0.25, 0.3) is 10.9 Å². The fourth-order valence-electron chi connectivity index (χ4n) is 5.11. The van der Waals surface area contributed by atoms with Crippen molar-refractivity contribution in [1.82, 2.24) is 14.8 Å². The van der Waals surface area contributed by atoms with E-state index < -0.39 is 34.6 Å². The molecule has 0 aliphatic carbocycles. The van der Waals surface area contributed by atoms with Crippen molar-refractivity contribution in [2.45, 2.75) is 30.8 Å². The molecular weight excluding hydrogens is 553 g/mol. The largest absolute Gasteiger partial charge is 0.362 e. The van der Waals surface area contributed by atoms with Crippen molar-refractivity contribution in [3.05, 3.63) is 102 Å². The zero-order valence-corrected chi connectivity index (χ0v) is 23.3. The lowest BCUT2D eigenvalue weighted by Gasteiger charge is -2.42. The summed E-state index contributed by atoms with van der Waals surface area (Å²) in [5.41, 5.74) is 1.62. The molecular formula is C30H29F3N4O3S. The van der Waals surface area contributed by atoms with Gasteiger partial charge in [0, 0.05) is 72.2 Å². The number of hydrogen-bond donors (Lipinski definition) is 1. The van der Waals surface area contributed by atoms with Crippen LogP contribution in [0, 0.1) is 17.5 Å². The van der Waals surface area contributed by atoms with Crippen LogP contribution in [-0.2, 0) is 15.3 Å². The van der Waals surface area contributed by atoms with E-state index in [1.54, 1.807) is 54.4 Å². The van der Waals surface area contributed by atoms with Gasteiger partial charge in [-0.2, -0.15) is 0 Å². The van der Waals surface area contributed by atoms with Gasteiger partial charge in [0.15, 0.2) is 11.1 Å². The Morgan fingerprint density at radius 3 is 2.49 bits per heavy atom. The highest BCUT2D eigenvalue weighted by atomic mass is 32.2. The first-order valence-electron chi connectivity index (χ1n) is 13.1. The van der Waals surface area contributed by atoms with Gasteiger partial charge < -0.3 is 10.2 Å². The van der Waals surface area contributed by atoms with Crippen molar-refractivity contribution >= 4 is 33.6 Å². The van der Waals surface area contributed by atoms with Crippen LogP contribution in [0.2, 0.25) is 0 Å². The number of rotatable bonds is 8. The number of carbonyl (C=O) groups excluding carboxylic acids is 1. The van der Waals surface area contributed by atoms with E-state index in [-0.39, 0.29) is 24.2 Å². The summed E-state index contributed by atoms with van der Waals surface area (Å²) in [5.74, 6) is -2.95. The number of anilines is 1. The number of nitrogens with zero attached hydrogens (tertiary/aromatic N) is 3. The number of benzene rings is 3. The molecule has 11 heteroatoms. The van der Waals surface area contributed by atoms with Gasteiger partial charge in [-0.1, -0.05) is 18.2 Å². The Morgan fingerprint density at radius 2 is 1.78 bits per heavy atom. The average Bonchev–Trinajstić information content (AvgIpc) is 2.96. The molecule has 1 aliphatic rings. The Hall–Kier alpha value is -3.80. The van der Waals surface area contributed by atoms with E-state index in [1.165, 1.54) is 0 Å². The summed E-state index contributed by atoms with van der Waals surface area (Å²) in [6.45, 7) is 4.73. The number of amides is 1. The lowest BCUT2D eigenvalue weighted by Crippen LogP contribution is -2.54. The summed E-state index contributed by atoms with van der Waals surface area (Å²) in [6.07, 6.45) is 1.64. The summed E-state index contributed by atoms with van der Waals surface area (Å²) in [7, 11) is 0. The molecule has 2 heterocycles. The molecule has 3 aromatic carbocycles. The molecule has 5 rings (SSSR count). The SMILES string of the molecule is CC(c1c(F)cc(F)cc1F)N1CCN(C(=O)c2ccc(NCOS(=O)c3cccc4cccnc34)cc2)C(C)C1. The summed E-state index contributed by atoms with van der Waals surface area (Å²) in [6, 6.07) is 16.5. The van der Waals surface area contributed by atoms with E-state index in [4.69, 9.17) is 4.18 Å². The Kier molecular flexibility index (Phi) is 8.67. The zero-order valence-electron chi connectivity index (χ0n) is 22.5. The number of piperazine rings is 1. The molecule has 41 heavy (non-hydrogen) atoms. The molecule has 1 amide bonds. The fraction of sp³-hybridized carbons (Fsp3) is 0.267. The van der Waals surface area contributed by atoms with Gasteiger partial charge in [0.2, 0.25) is 0 Å². The third kappa shape index (κ3) is 6.27. The molecule has 1 saturated heterocycles. The minimum atomic E-state index is -1.72. The third-order valence-electron chi connectivity index (χ3n) is 7.28. The third-order valence-corrected chi connectivity index (χ3v) is 8.30. The molecule has 3 unspecified atom stereocenters. The van der Waals surface area contributed by atoms with Crippen molar-refractivity contribution in [2.75, 3.05) is 31.7 Å². The number of hydrogen-bond acceptors (Lipinski definition) is 6. The Labute approximate surface area is 238 Å². The van der Waals surface area contributed by atoms with Crippen LogP contribution in [0.1, 0.15) is 35.8 Å². The Morgan fingerprint density at radius 1 is 1.07 bits per heavy atom. The number of aromatic nitrogens is 1. The van der Waals surface area contributed by atoms with Crippen LogP contribution in [0.5, 0.6) is 0 Å². The second-order valence-electron chi connectivity index (χ2n) is 9.88. The van der Waals surface area contributed by atoms with Gasteiger partial charge in [-0.15, -0.1) is 0 Å². The molecule has 0 bridgehead atoms. The van der Waals surface area contributed by atoms with Crippen molar-refractivity contribution < 1.29 is 26.4 Å². The van der Waals surface area contributed by atoms with Crippen LogP contribution in [0.3, 0.4) is 0 Å². The lowest BCUT2D eigenvalue weighted by molar-refractivity contribution is 0.0397. The first-order chi connectivity index (χ1) is 19.7. The first kappa shape index (κ1) is 28.7. The molecule has 0 saturated carbocycles. The highest BCUT2D eigenvalue weighted by Gasteiger charge is 2.32. The number of pyridine rings is 1. The first-order valence-corrected chi connectivity index (χ1v) is 14.2. The molecule has 214 valence electrons. The summed E-state index contributed by atoms with van der Waals surface area (Å²) >= 11 is -1.72. The normalized spacial score (nSPS) is 17.4. The molecule has 0 radical (unpaired) electrons. The molecule has 1 N–H and O–H groups in total. The topological polar surface area (TPSA) is 74.8 Å². The summed E-state index contributed by atoms with van der Waals surface area (Å²) in [5, 5.41) is 3.91. The van der Waals surface area contributed by atoms with E-state index in [0.717, 1.165) is 5.39 Å². The highest BCUT2D eigenvalue weighted by molar-refractivity contribution is 7.80. The lowest BCUT2D eigenvalue weighted by atomic mass is 10.0. The predicted molar refractivity (Wildman–Crippen MR) is 151 cm³/mol. The molecule has 1 fully saturated rings. The van der Waals surface area contributed by atoms with Crippen molar-refractivity contribution in [3.8, 4) is 0 Å². The van der Waals surface area contributed by atoms with Crippen molar-refractivity contribution in [1.29, 1.82) is 0 Å². The van der Waals surface area contributed by atoms with Crippen LogP contribution in [0.15, 0.2) is 77.8 Å². The average molecular weight is 583 g/mol. The van der Waals surface area contributed by atoms with Gasteiger partial charge >= 0.3 is 0 Å². The van der Waals surface area contributed by atoms with Gasteiger partial charge in [0.1, 0.15) is 24.2 Å². The van der Waals surface area contributed by atoms with Crippen LogP contribution in [-0.4, -0.2) is 57.3 Å². The maximum absolute atomic E-state index is 14.3. The minimum absolute atomic E-state index is 0.0183. The minimum Gasteiger partial charge on any atom is -0.362 e. The summed E-state index contributed by atoms with van der Waals surface area (Å²) < 4.78 is 60.2.